The van der Waals surface area contributed by atoms with E-state index in [2.05, 4.69) is 16.5 Å². The number of benzene rings is 1. The monoisotopic (exact) mass is 417 g/mol. The molecule has 2 aromatic heterocycles. The lowest BCUT2D eigenvalue weighted by Crippen LogP contribution is -2.37. The molecular weight excluding hydrogens is 394 g/mol. The van der Waals surface area contributed by atoms with Crippen LogP contribution in [-0.2, 0) is 29.5 Å². The summed E-state index contributed by atoms with van der Waals surface area (Å²) in [5.74, 6) is 0.787. The standard InChI is InChI=1S/C22H23N7O2/c1-14(30)28-6-5-21-20(11-28)22(26-29(21)18-12-31-13-18)25-17-3-4-19(15(7-17)8-23)16-9-24-27(2)10-16/h3-4,7,9-10,18H,5-6,11-13H2,1-2H3,(H,25,26). The molecule has 0 radical (unpaired) electrons. The molecule has 1 fully saturated rings. The van der Waals surface area contributed by atoms with Gasteiger partial charge in [0.05, 0.1) is 43.6 Å². The van der Waals surface area contributed by atoms with E-state index in [-0.39, 0.29) is 11.9 Å². The number of anilines is 2. The van der Waals surface area contributed by atoms with Gasteiger partial charge in [0.1, 0.15) is 0 Å². The zero-order chi connectivity index (χ0) is 21.5. The van der Waals surface area contributed by atoms with E-state index in [9.17, 15) is 10.1 Å². The highest BCUT2D eigenvalue weighted by Gasteiger charge is 2.31. The van der Waals surface area contributed by atoms with Gasteiger partial charge in [-0.05, 0) is 12.1 Å². The molecule has 2 aliphatic heterocycles. The third-order valence-electron chi connectivity index (χ3n) is 5.92. The summed E-state index contributed by atoms with van der Waals surface area (Å²) in [7, 11) is 1.85. The van der Waals surface area contributed by atoms with Gasteiger partial charge in [-0.1, -0.05) is 6.07 Å². The highest BCUT2D eigenvalue weighted by atomic mass is 16.5. The average molecular weight is 417 g/mol. The summed E-state index contributed by atoms with van der Waals surface area (Å²) in [6.07, 6.45) is 4.40. The van der Waals surface area contributed by atoms with Crippen molar-refractivity contribution in [3.63, 3.8) is 0 Å². The molecule has 31 heavy (non-hydrogen) atoms. The second kappa shape index (κ2) is 7.56. The molecule has 0 aliphatic carbocycles. The lowest BCUT2D eigenvalue weighted by atomic mass is 10.0. The van der Waals surface area contributed by atoms with E-state index in [0.717, 1.165) is 40.3 Å². The molecule has 9 heteroatoms. The smallest absolute Gasteiger partial charge is 0.219 e. The van der Waals surface area contributed by atoms with Gasteiger partial charge in [0, 0.05) is 61.2 Å². The number of fused-ring (bicyclic) bond motifs is 1. The van der Waals surface area contributed by atoms with Gasteiger partial charge in [0.2, 0.25) is 5.91 Å². The topological polar surface area (TPSA) is 101 Å². The Bertz CT molecular complexity index is 1200. The minimum Gasteiger partial charge on any atom is -0.377 e. The molecule has 5 rings (SSSR count). The van der Waals surface area contributed by atoms with Crippen molar-refractivity contribution in [2.24, 2.45) is 7.05 Å². The molecule has 0 spiro atoms. The minimum atomic E-state index is 0.0592. The number of nitrogens with one attached hydrogen (secondary N) is 1. The maximum atomic E-state index is 12.0. The van der Waals surface area contributed by atoms with Crippen LogP contribution < -0.4 is 5.32 Å². The summed E-state index contributed by atoms with van der Waals surface area (Å²) in [6, 6.07) is 8.20. The summed E-state index contributed by atoms with van der Waals surface area (Å²) in [4.78, 5) is 13.8. The van der Waals surface area contributed by atoms with Crippen LogP contribution in [0.15, 0.2) is 30.6 Å². The van der Waals surface area contributed by atoms with Crippen LogP contribution in [0.4, 0.5) is 11.5 Å². The van der Waals surface area contributed by atoms with E-state index in [1.165, 1.54) is 0 Å². The molecule has 0 saturated carbocycles. The van der Waals surface area contributed by atoms with Crippen molar-refractivity contribution in [2.45, 2.75) is 25.9 Å². The number of ether oxygens (including phenoxy) is 1. The van der Waals surface area contributed by atoms with Crippen molar-refractivity contribution in [1.82, 2.24) is 24.5 Å². The van der Waals surface area contributed by atoms with Crippen LogP contribution in [0.1, 0.15) is 29.8 Å². The lowest BCUT2D eigenvalue weighted by Gasteiger charge is -2.31. The van der Waals surface area contributed by atoms with Gasteiger partial charge in [-0.3, -0.25) is 14.2 Å². The fourth-order valence-corrected chi connectivity index (χ4v) is 4.14. The van der Waals surface area contributed by atoms with E-state index in [1.807, 2.05) is 41.0 Å². The van der Waals surface area contributed by atoms with E-state index >= 15 is 0 Å². The Morgan fingerprint density at radius 2 is 2.19 bits per heavy atom. The van der Waals surface area contributed by atoms with Gasteiger partial charge in [0.15, 0.2) is 5.82 Å². The Hall–Kier alpha value is -3.64. The van der Waals surface area contributed by atoms with Crippen LogP contribution in [0.25, 0.3) is 11.1 Å². The molecule has 9 nitrogen and oxygen atoms in total. The molecule has 3 aromatic rings. The maximum Gasteiger partial charge on any atom is 0.219 e. The van der Waals surface area contributed by atoms with Gasteiger partial charge in [0.25, 0.3) is 0 Å². The van der Waals surface area contributed by atoms with Crippen molar-refractivity contribution in [1.29, 1.82) is 5.26 Å². The molecule has 0 unspecified atom stereocenters. The summed E-state index contributed by atoms with van der Waals surface area (Å²) >= 11 is 0. The molecule has 0 atom stereocenters. The summed E-state index contributed by atoms with van der Waals surface area (Å²) in [5.41, 5.74) is 5.26. The van der Waals surface area contributed by atoms with E-state index in [0.29, 0.717) is 31.9 Å². The first-order valence-corrected chi connectivity index (χ1v) is 10.3. The number of amides is 1. The largest absolute Gasteiger partial charge is 0.377 e. The fourth-order valence-electron chi connectivity index (χ4n) is 4.14. The molecule has 1 amide bonds. The molecule has 2 aliphatic rings. The number of carbonyl (C=O) groups excluding carboxylic acids is 1. The van der Waals surface area contributed by atoms with Gasteiger partial charge in [-0.2, -0.15) is 15.5 Å². The van der Waals surface area contributed by atoms with E-state index in [4.69, 9.17) is 9.84 Å². The molecule has 0 bridgehead atoms. The van der Waals surface area contributed by atoms with Crippen molar-refractivity contribution in [3.05, 3.63) is 47.4 Å². The Morgan fingerprint density at radius 1 is 1.35 bits per heavy atom. The third-order valence-corrected chi connectivity index (χ3v) is 5.92. The first-order chi connectivity index (χ1) is 15.0. The van der Waals surface area contributed by atoms with Crippen LogP contribution in [0, 0.1) is 11.3 Å². The SMILES string of the molecule is CC(=O)N1CCc2c(c(Nc3ccc(-c4cnn(C)c4)c(C#N)c3)nn2C2COC2)C1. The second-order valence-electron chi connectivity index (χ2n) is 8.00. The zero-order valence-electron chi connectivity index (χ0n) is 17.5. The van der Waals surface area contributed by atoms with Crippen LogP contribution >= 0.6 is 0 Å². The lowest BCUT2D eigenvalue weighted by molar-refractivity contribution is -0.129. The first-order valence-electron chi connectivity index (χ1n) is 10.3. The second-order valence-corrected chi connectivity index (χ2v) is 8.00. The molecule has 1 aromatic carbocycles. The van der Waals surface area contributed by atoms with Crippen molar-refractivity contribution >= 4 is 17.4 Å². The molecule has 1 N–H and O–H groups in total. The first kappa shape index (κ1) is 19.3. The third kappa shape index (κ3) is 3.45. The number of nitriles is 1. The number of aromatic nitrogens is 4. The number of aryl methyl sites for hydroxylation is 1. The van der Waals surface area contributed by atoms with Gasteiger partial charge >= 0.3 is 0 Å². The zero-order valence-corrected chi connectivity index (χ0v) is 17.5. The maximum absolute atomic E-state index is 12.0. The van der Waals surface area contributed by atoms with E-state index in [1.54, 1.807) is 17.8 Å². The Kier molecular flexibility index (Phi) is 4.71. The van der Waals surface area contributed by atoms with Crippen molar-refractivity contribution in [2.75, 3.05) is 25.1 Å². The normalized spacial score (nSPS) is 15.8. The molecule has 1 saturated heterocycles. The van der Waals surface area contributed by atoms with Crippen LogP contribution in [-0.4, -0.2) is 50.1 Å². The Labute approximate surface area is 179 Å². The van der Waals surface area contributed by atoms with Crippen LogP contribution in [0.2, 0.25) is 0 Å². The highest BCUT2D eigenvalue weighted by Crippen LogP contribution is 2.33. The number of rotatable bonds is 4. The molecule has 4 heterocycles. The quantitative estimate of drug-likeness (QED) is 0.699. The van der Waals surface area contributed by atoms with Crippen molar-refractivity contribution < 1.29 is 9.53 Å². The van der Waals surface area contributed by atoms with Gasteiger partial charge in [-0.25, -0.2) is 0 Å². The number of carbonyl (C=O) groups is 1. The predicted molar refractivity (Wildman–Crippen MR) is 114 cm³/mol. The molecular formula is C22H23N7O2. The Balaban J connectivity index is 1.49. The summed E-state index contributed by atoms with van der Waals surface area (Å²) < 4.78 is 9.13. The number of hydrogen-bond donors (Lipinski definition) is 1. The number of hydrogen-bond acceptors (Lipinski definition) is 6. The summed E-state index contributed by atoms with van der Waals surface area (Å²) in [5, 5.41) is 22.1. The van der Waals surface area contributed by atoms with E-state index < -0.39 is 0 Å². The van der Waals surface area contributed by atoms with Crippen LogP contribution in [0.5, 0.6) is 0 Å². The van der Waals surface area contributed by atoms with Gasteiger partial charge in [-0.15, -0.1) is 0 Å². The summed E-state index contributed by atoms with van der Waals surface area (Å²) in [6.45, 7) is 4.13. The van der Waals surface area contributed by atoms with Gasteiger partial charge < -0.3 is 15.0 Å². The number of nitrogens with zero attached hydrogens (tertiary/aromatic N) is 6. The highest BCUT2D eigenvalue weighted by molar-refractivity contribution is 5.76. The fraction of sp³-hybridized carbons (Fsp3) is 0.364. The minimum absolute atomic E-state index is 0.0592. The predicted octanol–water partition coefficient (Wildman–Crippen LogP) is 2.37. The Morgan fingerprint density at radius 3 is 2.84 bits per heavy atom. The molecule has 158 valence electrons. The average Bonchev–Trinajstić information content (AvgIpc) is 3.30. The van der Waals surface area contributed by atoms with Crippen molar-refractivity contribution in [3.8, 4) is 17.2 Å². The van der Waals surface area contributed by atoms with Crippen LogP contribution in [0.3, 0.4) is 0 Å².